The molecule has 0 aliphatic heterocycles. The predicted molar refractivity (Wildman–Crippen MR) is 162 cm³/mol. The molecule has 192 valence electrons. The maximum Gasteiger partial charge on any atom is 0.166 e. The van der Waals surface area contributed by atoms with Crippen molar-refractivity contribution in [2.45, 2.75) is 0 Å². The molecule has 0 atom stereocenters. The van der Waals surface area contributed by atoms with E-state index in [0.29, 0.717) is 17.5 Å². The Labute approximate surface area is 235 Å². The van der Waals surface area contributed by atoms with E-state index in [2.05, 4.69) is 12.1 Å². The minimum Gasteiger partial charge on any atom is -0.454 e. The Bertz CT molecular complexity index is 2150. The quantitative estimate of drug-likeness (QED) is 0.229. The van der Waals surface area contributed by atoms with Gasteiger partial charge in [-0.15, -0.1) is 0 Å². The molecule has 8 aromatic rings. The summed E-state index contributed by atoms with van der Waals surface area (Å²) in [6, 6.07) is 40.1. The van der Waals surface area contributed by atoms with Crippen LogP contribution < -0.4 is 0 Å². The zero-order chi connectivity index (χ0) is 27.2. The fourth-order valence-electron chi connectivity index (χ4n) is 5.17. The normalized spacial score (nSPS) is 11.4. The first-order valence-electron chi connectivity index (χ1n) is 13.3. The molecule has 0 unspecified atom stereocenters. The zero-order valence-corrected chi connectivity index (χ0v) is 21.8. The summed E-state index contributed by atoms with van der Waals surface area (Å²) in [5.41, 5.74) is 6.60. The number of hydrogen-bond acceptors (Lipinski definition) is 6. The predicted octanol–water partition coefficient (Wildman–Crippen LogP) is 8.38. The summed E-state index contributed by atoms with van der Waals surface area (Å²) in [5.74, 6) is 1.79. The first-order chi connectivity index (χ1) is 20.3. The van der Waals surface area contributed by atoms with Crippen LogP contribution in [0.1, 0.15) is 0 Å². The van der Waals surface area contributed by atoms with Gasteiger partial charge in [0.25, 0.3) is 0 Å². The van der Waals surface area contributed by atoms with Gasteiger partial charge in [-0.3, -0.25) is 4.98 Å². The number of benzene rings is 4. The summed E-state index contributed by atoms with van der Waals surface area (Å²) in [6.45, 7) is 0. The topological polar surface area (TPSA) is 77.6 Å². The number of rotatable bonds is 4. The molecule has 4 aromatic carbocycles. The van der Waals surface area contributed by atoms with Crippen LogP contribution >= 0.6 is 0 Å². The van der Waals surface area contributed by atoms with Crippen molar-refractivity contribution in [3.05, 3.63) is 128 Å². The Balaban J connectivity index is 1.32. The molecule has 6 heteroatoms. The highest BCUT2D eigenvalue weighted by Crippen LogP contribution is 2.33. The summed E-state index contributed by atoms with van der Waals surface area (Å²) in [6.07, 6.45) is 1.77. The standard InChI is InChI=1S/C35H21N5O/c1-3-10-23(11-4-1)33-38-34(24-12-5-2-6-13-24)40-35(39-33)26-16-9-14-22-18-19-28(37-32(22)26)29-20-27-25-15-7-8-17-30(25)41-31(27)21-36-29/h1-21H. The average Bonchev–Trinajstić information content (AvgIpc) is 3.43. The van der Waals surface area contributed by atoms with Crippen molar-refractivity contribution in [2.24, 2.45) is 0 Å². The van der Waals surface area contributed by atoms with Crippen molar-refractivity contribution in [2.75, 3.05) is 0 Å². The van der Waals surface area contributed by atoms with Crippen molar-refractivity contribution >= 4 is 32.8 Å². The Hall–Kier alpha value is -5.75. The number of nitrogens with zero attached hydrogens (tertiary/aromatic N) is 5. The molecule has 0 radical (unpaired) electrons. The molecule has 8 rings (SSSR count). The molecule has 6 nitrogen and oxygen atoms in total. The smallest absolute Gasteiger partial charge is 0.166 e. The Morgan fingerprint density at radius 3 is 1.90 bits per heavy atom. The monoisotopic (exact) mass is 527 g/mol. The molecular weight excluding hydrogens is 506 g/mol. The maximum atomic E-state index is 5.98. The molecule has 0 N–H and O–H groups in total. The van der Waals surface area contributed by atoms with Crippen LogP contribution in [0.4, 0.5) is 0 Å². The molecule has 41 heavy (non-hydrogen) atoms. The molecule has 0 amide bonds. The molecule has 0 aliphatic rings. The molecule has 0 bridgehead atoms. The number of hydrogen-bond donors (Lipinski definition) is 0. The van der Waals surface area contributed by atoms with Gasteiger partial charge in [0.05, 0.1) is 23.1 Å². The first kappa shape index (κ1) is 23.2. The van der Waals surface area contributed by atoms with E-state index >= 15 is 0 Å². The van der Waals surface area contributed by atoms with Gasteiger partial charge < -0.3 is 4.42 Å². The van der Waals surface area contributed by atoms with Gasteiger partial charge in [-0.05, 0) is 24.3 Å². The largest absolute Gasteiger partial charge is 0.454 e. The van der Waals surface area contributed by atoms with Crippen molar-refractivity contribution in [3.63, 3.8) is 0 Å². The number of fused-ring (bicyclic) bond motifs is 4. The summed E-state index contributed by atoms with van der Waals surface area (Å²) < 4.78 is 5.98. The molecule has 0 fully saturated rings. The van der Waals surface area contributed by atoms with E-state index in [1.807, 2.05) is 109 Å². The molecule has 0 saturated carbocycles. The number of aromatic nitrogens is 5. The van der Waals surface area contributed by atoms with E-state index < -0.39 is 0 Å². The van der Waals surface area contributed by atoms with Gasteiger partial charge in [0.2, 0.25) is 0 Å². The van der Waals surface area contributed by atoms with Crippen LogP contribution in [0.25, 0.3) is 78.4 Å². The van der Waals surface area contributed by atoms with Crippen LogP contribution in [0.3, 0.4) is 0 Å². The van der Waals surface area contributed by atoms with Crippen molar-refractivity contribution < 1.29 is 4.42 Å². The summed E-state index contributed by atoms with van der Waals surface area (Å²) in [4.78, 5) is 24.5. The highest BCUT2D eigenvalue weighted by atomic mass is 16.3. The van der Waals surface area contributed by atoms with Crippen LogP contribution in [-0.2, 0) is 0 Å². The highest BCUT2D eigenvalue weighted by molar-refractivity contribution is 6.05. The number of para-hydroxylation sites is 2. The fraction of sp³-hybridized carbons (Fsp3) is 0. The van der Waals surface area contributed by atoms with E-state index in [1.165, 1.54) is 0 Å². The fourth-order valence-corrected chi connectivity index (χ4v) is 5.17. The first-order valence-corrected chi connectivity index (χ1v) is 13.3. The Kier molecular flexibility index (Phi) is 5.35. The molecule has 4 aromatic heterocycles. The van der Waals surface area contributed by atoms with Crippen molar-refractivity contribution in [3.8, 4) is 45.6 Å². The van der Waals surface area contributed by atoms with E-state index in [4.69, 9.17) is 29.3 Å². The summed E-state index contributed by atoms with van der Waals surface area (Å²) >= 11 is 0. The highest BCUT2D eigenvalue weighted by Gasteiger charge is 2.16. The minimum absolute atomic E-state index is 0.567. The van der Waals surface area contributed by atoms with E-state index in [-0.39, 0.29) is 0 Å². The Morgan fingerprint density at radius 2 is 1.15 bits per heavy atom. The lowest BCUT2D eigenvalue weighted by Crippen LogP contribution is -2.01. The minimum atomic E-state index is 0.567. The van der Waals surface area contributed by atoms with Gasteiger partial charge in [-0.25, -0.2) is 19.9 Å². The maximum absolute atomic E-state index is 5.98. The third-order valence-electron chi connectivity index (χ3n) is 7.19. The third-order valence-corrected chi connectivity index (χ3v) is 7.19. The Morgan fingerprint density at radius 1 is 0.463 bits per heavy atom. The van der Waals surface area contributed by atoms with E-state index in [1.54, 1.807) is 6.20 Å². The van der Waals surface area contributed by atoms with Gasteiger partial charge in [0, 0.05) is 32.8 Å². The van der Waals surface area contributed by atoms with Crippen LogP contribution in [0.2, 0.25) is 0 Å². The molecule has 4 heterocycles. The van der Waals surface area contributed by atoms with E-state index in [0.717, 1.165) is 60.9 Å². The molecule has 0 aliphatic carbocycles. The second-order valence-electron chi connectivity index (χ2n) is 9.78. The lowest BCUT2D eigenvalue weighted by molar-refractivity contribution is 0.667. The SMILES string of the molecule is c1ccc(-c2nc(-c3ccccc3)nc(-c3cccc4ccc(-c5cc6c(cn5)oc5ccccc56)nc34)n2)cc1. The third kappa shape index (κ3) is 4.10. The van der Waals surface area contributed by atoms with Gasteiger partial charge in [0.1, 0.15) is 5.58 Å². The van der Waals surface area contributed by atoms with Crippen LogP contribution in [0.15, 0.2) is 132 Å². The molecule has 0 saturated heterocycles. The summed E-state index contributed by atoms with van der Waals surface area (Å²) in [5, 5.41) is 3.06. The van der Waals surface area contributed by atoms with Crippen LogP contribution in [0.5, 0.6) is 0 Å². The van der Waals surface area contributed by atoms with Crippen LogP contribution in [0, 0.1) is 0 Å². The van der Waals surface area contributed by atoms with Crippen molar-refractivity contribution in [1.82, 2.24) is 24.9 Å². The number of furan rings is 1. The lowest BCUT2D eigenvalue weighted by Gasteiger charge is -2.10. The summed E-state index contributed by atoms with van der Waals surface area (Å²) in [7, 11) is 0. The van der Waals surface area contributed by atoms with Crippen LogP contribution in [-0.4, -0.2) is 24.9 Å². The molecular formula is C35H21N5O. The van der Waals surface area contributed by atoms with Gasteiger partial charge in [-0.2, -0.15) is 0 Å². The number of pyridine rings is 2. The van der Waals surface area contributed by atoms with E-state index in [9.17, 15) is 0 Å². The zero-order valence-electron chi connectivity index (χ0n) is 21.8. The second kappa shape index (κ2) is 9.47. The molecule has 0 spiro atoms. The van der Waals surface area contributed by atoms with Gasteiger partial charge >= 0.3 is 0 Å². The van der Waals surface area contributed by atoms with Gasteiger partial charge in [0.15, 0.2) is 23.1 Å². The van der Waals surface area contributed by atoms with Gasteiger partial charge in [-0.1, -0.05) is 97.1 Å². The lowest BCUT2D eigenvalue weighted by atomic mass is 10.1. The van der Waals surface area contributed by atoms with Crippen molar-refractivity contribution in [1.29, 1.82) is 0 Å². The second-order valence-corrected chi connectivity index (χ2v) is 9.78. The average molecular weight is 528 g/mol.